The number of nitrogens with one attached hydrogen (secondary N) is 1. The number of carbonyl (C=O) groups excluding carboxylic acids is 1. The van der Waals surface area contributed by atoms with Crippen LogP contribution in [0.2, 0.25) is 0 Å². The van der Waals surface area contributed by atoms with E-state index in [0.717, 1.165) is 37.7 Å². The number of carbonyl (C=O) groups is 1. The summed E-state index contributed by atoms with van der Waals surface area (Å²) in [5, 5.41) is 3.16. The first-order valence-corrected chi connectivity index (χ1v) is 15.1. The van der Waals surface area contributed by atoms with Crippen LogP contribution in [0.5, 0.6) is 0 Å². The molecule has 0 aromatic heterocycles. The van der Waals surface area contributed by atoms with Crippen molar-refractivity contribution < 1.29 is 13.2 Å². The number of para-hydroxylation sites is 1. The van der Waals surface area contributed by atoms with Crippen LogP contribution in [-0.2, 0) is 16.4 Å². The lowest BCUT2D eigenvalue weighted by Crippen LogP contribution is -2.50. The summed E-state index contributed by atoms with van der Waals surface area (Å²) >= 11 is 0. The van der Waals surface area contributed by atoms with Gasteiger partial charge in [0.2, 0.25) is 10.0 Å². The molecule has 2 amide bonds. The van der Waals surface area contributed by atoms with Gasteiger partial charge in [-0.25, -0.2) is 17.5 Å². The molecule has 36 heavy (non-hydrogen) atoms. The molecule has 2 aromatic carbocycles. The van der Waals surface area contributed by atoms with Crippen molar-refractivity contribution in [3.8, 4) is 0 Å². The van der Waals surface area contributed by atoms with E-state index in [4.69, 9.17) is 0 Å². The third-order valence-electron chi connectivity index (χ3n) is 7.49. The molecule has 196 valence electrons. The third kappa shape index (κ3) is 7.79. The number of amides is 2. The number of piperidine rings is 2. The second-order valence-electron chi connectivity index (χ2n) is 10.2. The molecule has 2 saturated heterocycles. The van der Waals surface area contributed by atoms with E-state index in [9.17, 15) is 13.2 Å². The smallest absolute Gasteiger partial charge is 0.322 e. The van der Waals surface area contributed by atoms with E-state index >= 15 is 0 Å². The summed E-state index contributed by atoms with van der Waals surface area (Å²) in [6.45, 7) is 4.79. The van der Waals surface area contributed by atoms with Crippen molar-refractivity contribution in [2.45, 2.75) is 44.6 Å². The molecule has 0 radical (unpaired) electrons. The molecule has 2 aliphatic heterocycles. The highest BCUT2D eigenvalue weighted by Crippen LogP contribution is 2.22. The third-order valence-corrected chi connectivity index (χ3v) is 8.80. The standard InChI is InChI=1S/C28H40N4O3S/c1-36(34,35)31-21-15-26(16-22-31)29-28(33)32(27-11-6-3-7-12-27)18-8-17-30-19-13-25(14-20-30)23-24-9-4-2-5-10-24/h2-7,9-12,25-26H,8,13-23H2,1H3,(H,29,33). The zero-order chi connectivity index (χ0) is 25.4. The summed E-state index contributed by atoms with van der Waals surface area (Å²) in [6, 6.07) is 20.5. The van der Waals surface area contributed by atoms with Crippen LogP contribution in [0.3, 0.4) is 0 Å². The average Bonchev–Trinajstić information content (AvgIpc) is 2.88. The molecule has 0 atom stereocenters. The van der Waals surface area contributed by atoms with Crippen LogP contribution in [0.1, 0.15) is 37.7 Å². The highest BCUT2D eigenvalue weighted by Gasteiger charge is 2.27. The Morgan fingerprint density at radius 2 is 1.53 bits per heavy atom. The van der Waals surface area contributed by atoms with E-state index in [1.807, 2.05) is 35.2 Å². The summed E-state index contributed by atoms with van der Waals surface area (Å²) < 4.78 is 25.1. The number of urea groups is 1. The zero-order valence-corrected chi connectivity index (χ0v) is 22.2. The minimum Gasteiger partial charge on any atom is -0.335 e. The fourth-order valence-corrected chi connectivity index (χ4v) is 6.23. The van der Waals surface area contributed by atoms with Gasteiger partial charge in [0.1, 0.15) is 0 Å². The lowest BCUT2D eigenvalue weighted by Gasteiger charge is -2.34. The molecule has 1 N–H and O–H groups in total. The summed E-state index contributed by atoms with van der Waals surface area (Å²) in [5.74, 6) is 0.754. The summed E-state index contributed by atoms with van der Waals surface area (Å²) in [7, 11) is -3.17. The van der Waals surface area contributed by atoms with E-state index in [2.05, 4.69) is 40.5 Å². The first-order chi connectivity index (χ1) is 17.4. The van der Waals surface area contributed by atoms with Crippen LogP contribution in [0.15, 0.2) is 60.7 Å². The predicted molar refractivity (Wildman–Crippen MR) is 146 cm³/mol. The molecular formula is C28H40N4O3S. The molecule has 0 unspecified atom stereocenters. The molecule has 0 saturated carbocycles. The van der Waals surface area contributed by atoms with Crippen molar-refractivity contribution in [1.82, 2.24) is 14.5 Å². The second kappa shape index (κ2) is 12.7. The van der Waals surface area contributed by atoms with Crippen molar-refractivity contribution >= 4 is 21.7 Å². The lowest BCUT2D eigenvalue weighted by molar-refractivity contribution is 0.182. The first kappa shape index (κ1) is 26.6. The maximum Gasteiger partial charge on any atom is 0.322 e. The maximum atomic E-state index is 13.3. The summed E-state index contributed by atoms with van der Waals surface area (Å²) in [4.78, 5) is 17.6. The monoisotopic (exact) mass is 512 g/mol. The van der Waals surface area contributed by atoms with E-state index in [0.29, 0.717) is 32.5 Å². The lowest BCUT2D eigenvalue weighted by atomic mass is 9.90. The summed E-state index contributed by atoms with van der Waals surface area (Å²) in [5.41, 5.74) is 2.33. The van der Waals surface area contributed by atoms with Crippen molar-refractivity contribution in [2.24, 2.45) is 5.92 Å². The van der Waals surface area contributed by atoms with Crippen LogP contribution in [0, 0.1) is 5.92 Å². The molecular weight excluding hydrogens is 472 g/mol. The number of hydrogen-bond donors (Lipinski definition) is 1. The normalized spacial score (nSPS) is 18.7. The molecule has 0 spiro atoms. The molecule has 2 fully saturated rings. The molecule has 2 aliphatic rings. The highest BCUT2D eigenvalue weighted by molar-refractivity contribution is 7.88. The van der Waals surface area contributed by atoms with E-state index < -0.39 is 10.0 Å². The molecule has 0 bridgehead atoms. The van der Waals surface area contributed by atoms with Crippen LogP contribution >= 0.6 is 0 Å². The van der Waals surface area contributed by atoms with Gasteiger partial charge >= 0.3 is 6.03 Å². The van der Waals surface area contributed by atoms with Gasteiger partial charge in [-0.05, 0) is 81.8 Å². The molecule has 8 heteroatoms. The van der Waals surface area contributed by atoms with Crippen LogP contribution in [0.25, 0.3) is 0 Å². The van der Waals surface area contributed by atoms with Crippen LogP contribution < -0.4 is 10.2 Å². The topological polar surface area (TPSA) is 73.0 Å². The number of benzene rings is 2. The zero-order valence-electron chi connectivity index (χ0n) is 21.4. The molecule has 2 heterocycles. The summed E-state index contributed by atoms with van der Waals surface area (Å²) in [6.07, 6.45) is 7.05. The van der Waals surface area contributed by atoms with Gasteiger partial charge in [-0.1, -0.05) is 48.5 Å². The van der Waals surface area contributed by atoms with Gasteiger partial charge < -0.3 is 10.2 Å². The molecule has 7 nitrogen and oxygen atoms in total. The Morgan fingerprint density at radius 3 is 2.14 bits per heavy atom. The Bertz CT molecular complexity index is 1050. The Hall–Kier alpha value is -2.42. The van der Waals surface area contributed by atoms with Crippen LogP contribution in [-0.4, -0.2) is 75.2 Å². The van der Waals surface area contributed by atoms with Gasteiger partial charge in [0.05, 0.1) is 6.26 Å². The highest BCUT2D eigenvalue weighted by atomic mass is 32.2. The first-order valence-electron chi connectivity index (χ1n) is 13.2. The van der Waals surface area contributed by atoms with Gasteiger partial charge in [0, 0.05) is 31.4 Å². The van der Waals surface area contributed by atoms with E-state index in [-0.39, 0.29) is 12.1 Å². The SMILES string of the molecule is CS(=O)(=O)N1CCC(NC(=O)N(CCCN2CCC(Cc3ccccc3)CC2)c2ccccc2)CC1. The van der Waals surface area contributed by atoms with E-state index in [1.165, 1.54) is 35.4 Å². The minimum absolute atomic E-state index is 0.00893. The Balaban J connectivity index is 1.24. The predicted octanol–water partition coefficient (Wildman–Crippen LogP) is 3.97. The molecule has 0 aliphatic carbocycles. The number of hydrogen-bond acceptors (Lipinski definition) is 4. The number of likely N-dealkylation sites (tertiary alicyclic amines) is 1. The van der Waals surface area contributed by atoms with Gasteiger partial charge in [0.25, 0.3) is 0 Å². The second-order valence-corrected chi connectivity index (χ2v) is 12.2. The van der Waals surface area contributed by atoms with Gasteiger partial charge in [-0.2, -0.15) is 0 Å². The Kier molecular flexibility index (Phi) is 9.40. The van der Waals surface area contributed by atoms with Crippen molar-refractivity contribution in [2.75, 3.05) is 50.4 Å². The van der Waals surface area contributed by atoms with Gasteiger partial charge in [0.15, 0.2) is 0 Å². The fraction of sp³-hybridized carbons (Fsp3) is 0.536. The number of anilines is 1. The quantitative estimate of drug-likeness (QED) is 0.552. The van der Waals surface area contributed by atoms with E-state index in [1.54, 1.807) is 0 Å². The average molecular weight is 513 g/mol. The van der Waals surface area contributed by atoms with Crippen molar-refractivity contribution in [1.29, 1.82) is 0 Å². The molecule has 2 aromatic rings. The molecule has 4 rings (SSSR count). The van der Waals surface area contributed by atoms with Crippen molar-refractivity contribution in [3.63, 3.8) is 0 Å². The number of nitrogens with zero attached hydrogens (tertiary/aromatic N) is 3. The van der Waals surface area contributed by atoms with Gasteiger partial charge in [-0.3, -0.25) is 4.90 Å². The Labute approximate surface area is 216 Å². The maximum absolute atomic E-state index is 13.3. The van der Waals surface area contributed by atoms with Crippen LogP contribution in [0.4, 0.5) is 10.5 Å². The Morgan fingerprint density at radius 1 is 0.917 bits per heavy atom. The number of sulfonamides is 1. The van der Waals surface area contributed by atoms with Gasteiger partial charge in [-0.15, -0.1) is 0 Å². The fourth-order valence-electron chi connectivity index (χ4n) is 5.35. The minimum atomic E-state index is -3.17. The van der Waals surface area contributed by atoms with Crippen molar-refractivity contribution in [3.05, 3.63) is 66.2 Å². The largest absolute Gasteiger partial charge is 0.335 e. The number of rotatable bonds is 9.